The van der Waals surface area contributed by atoms with Crippen LogP contribution in [0.5, 0.6) is 0 Å². The minimum atomic E-state index is -0.387. The summed E-state index contributed by atoms with van der Waals surface area (Å²) in [6, 6.07) is 7.02. The SMILES string of the molecule is Fc1cnc2c(NCc3ccc(Cl)s3)ccnc2c1. The fourth-order valence-corrected chi connectivity index (χ4v) is 2.80. The summed E-state index contributed by atoms with van der Waals surface area (Å²) in [6.07, 6.45) is 2.82. The van der Waals surface area contributed by atoms with Crippen molar-refractivity contribution in [2.75, 3.05) is 5.32 Å². The molecule has 19 heavy (non-hydrogen) atoms. The molecule has 3 rings (SSSR count). The molecular weight excluding hydrogens is 285 g/mol. The van der Waals surface area contributed by atoms with Crippen LogP contribution in [0.2, 0.25) is 4.34 Å². The predicted octanol–water partition coefficient (Wildman–Crippen LogP) is 4.10. The van der Waals surface area contributed by atoms with Gasteiger partial charge in [0.1, 0.15) is 11.3 Å². The van der Waals surface area contributed by atoms with Gasteiger partial charge in [0, 0.05) is 23.7 Å². The number of rotatable bonds is 3. The van der Waals surface area contributed by atoms with Crippen LogP contribution in [0.1, 0.15) is 4.88 Å². The lowest BCUT2D eigenvalue weighted by molar-refractivity contribution is 0.624. The fourth-order valence-electron chi connectivity index (χ4n) is 1.78. The van der Waals surface area contributed by atoms with E-state index in [4.69, 9.17) is 11.6 Å². The summed E-state index contributed by atoms with van der Waals surface area (Å²) in [5, 5.41) is 3.26. The van der Waals surface area contributed by atoms with E-state index in [2.05, 4.69) is 15.3 Å². The van der Waals surface area contributed by atoms with Crippen molar-refractivity contribution in [3.63, 3.8) is 0 Å². The summed E-state index contributed by atoms with van der Waals surface area (Å²) in [7, 11) is 0. The number of halogens is 2. The molecule has 3 aromatic rings. The standard InChI is InChI=1S/C13H9ClFN3S/c14-12-2-1-9(19-12)7-17-10-3-4-16-11-5-8(15)6-18-13(10)11/h1-6H,7H2,(H,16,17). The van der Waals surface area contributed by atoms with Gasteiger partial charge in [-0.25, -0.2) is 9.37 Å². The molecule has 3 heterocycles. The molecule has 0 aliphatic carbocycles. The molecule has 0 bridgehead atoms. The van der Waals surface area contributed by atoms with E-state index < -0.39 is 0 Å². The summed E-state index contributed by atoms with van der Waals surface area (Å²) in [6.45, 7) is 0.648. The second-order valence-corrected chi connectivity index (χ2v) is 5.74. The molecule has 0 aromatic carbocycles. The number of hydrogen-bond donors (Lipinski definition) is 1. The largest absolute Gasteiger partial charge is 0.378 e. The molecule has 96 valence electrons. The molecule has 0 aliphatic rings. The maximum atomic E-state index is 13.1. The molecule has 0 saturated heterocycles. The average Bonchev–Trinajstić information content (AvgIpc) is 2.81. The van der Waals surface area contributed by atoms with Gasteiger partial charge in [-0.15, -0.1) is 11.3 Å². The van der Waals surface area contributed by atoms with E-state index in [0.717, 1.165) is 14.9 Å². The number of nitrogens with one attached hydrogen (secondary N) is 1. The molecular formula is C13H9ClFN3S. The smallest absolute Gasteiger partial charge is 0.143 e. The third-order valence-corrected chi connectivity index (χ3v) is 3.86. The van der Waals surface area contributed by atoms with E-state index in [1.54, 1.807) is 6.20 Å². The Morgan fingerprint density at radius 2 is 2.16 bits per heavy atom. The number of pyridine rings is 2. The van der Waals surface area contributed by atoms with Gasteiger partial charge in [0.2, 0.25) is 0 Å². The van der Waals surface area contributed by atoms with Crippen molar-refractivity contribution in [2.45, 2.75) is 6.54 Å². The van der Waals surface area contributed by atoms with Crippen molar-refractivity contribution in [2.24, 2.45) is 0 Å². The summed E-state index contributed by atoms with van der Waals surface area (Å²) in [5.41, 5.74) is 2.02. The van der Waals surface area contributed by atoms with Crippen LogP contribution in [0.4, 0.5) is 10.1 Å². The first-order chi connectivity index (χ1) is 9.22. The number of nitrogens with zero attached hydrogens (tertiary/aromatic N) is 2. The molecule has 0 saturated carbocycles. The number of thiophene rings is 1. The summed E-state index contributed by atoms with van der Waals surface area (Å²) in [5.74, 6) is -0.387. The van der Waals surface area contributed by atoms with Gasteiger partial charge in [-0.3, -0.25) is 4.98 Å². The molecule has 3 nitrogen and oxygen atoms in total. The van der Waals surface area contributed by atoms with Gasteiger partial charge in [0.05, 0.1) is 21.7 Å². The summed E-state index contributed by atoms with van der Waals surface area (Å²) < 4.78 is 13.8. The van der Waals surface area contributed by atoms with Crippen LogP contribution in [0, 0.1) is 5.82 Å². The summed E-state index contributed by atoms with van der Waals surface area (Å²) in [4.78, 5) is 9.30. The summed E-state index contributed by atoms with van der Waals surface area (Å²) >= 11 is 7.40. The highest BCUT2D eigenvalue weighted by Crippen LogP contribution is 2.24. The minimum absolute atomic E-state index is 0.387. The van der Waals surface area contributed by atoms with Crippen molar-refractivity contribution in [1.82, 2.24) is 9.97 Å². The van der Waals surface area contributed by atoms with Gasteiger partial charge in [-0.1, -0.05) is 11.6 Å². The quantitative estimate of drug-likeness (QED) is 0.790. The Morgan fingerprint density at radius 1 is 1.26 bits per heavy atom. The lowest BCUT2D eigenvalue weighted by atomic mass is 10.2. The predicted molar refractivity (Wildman–Crippen MR) is 76.2 cm³/mol. The minimum Gasteiger partial charge on any atom is -0.378 e. The van der Waals surface area contributed by atoms with E-state index in [0.29, 0.717) is 17.6 Å². The highest BCUT2D eigenvalue weighted by Gasteiger charge is 2.05. The number of aromatic nitrogens is 2. The van der Waals surface area contributed by atoms with E-state index >= 15 is 0 Å². The molecule has 0 amide bonds. The monoisotopic (exact) mass is 293 g/mol. The first kappa shape index (κ1) is 12.3. The lowest BCUT2D eigenvalue weighted by Crippen LogP contribution is -1.99. The number of fused-ring (bicyclic) bond motifs is 1. The molecule has 0 fully saturated rings. The Hall–Kier alpha value is -1.72. The van der Waals surface area contributed by atoms with Crippen molar-refractivity contribution in [3.05, 3.63) is 51.7 Å². The first-order valence-corrected chi connectivity index (χ1v) is 6.80. The van der Waals surface area contributed by atoms with Crippen molar-refractivity contribution < 1.29 is 4.39 Å². The molecule has 0 radical (unpaired) electrons. The molecule has 1 N–H and O–H groups in total. The number of anilines is 1. The van der Waals surface area contributed by atoms with Gasteiger partial charge in [0.25, 0.3) is 0 Å². The van der Waals surface area contributed by atoms with Crippen LogP contribution in [0.15, 0.2) is 36.7 Å². The van der Waals surface area contributed by atoms with E-state index in [-0.39, 0.29) is 5.82 Å². The molecule has 3 aromatic heterocycles. The Morgan fingerprint density at radius 3 is 2.95 bits per heavy atom. The van der Waals surface area contributed by atoms with Gasteiger partial charge in [0.15, 0.2) is 0 Å². The van der Waals surface area contributed by atoms with E-state index in [1.807, 2.05) is 18.2 Å². The highest BCUT2D eigenvalue weighted by molar-refractivity contribution is 7.16. The van der Waals surface area contributed by atoms with Crippen molar-refractivity contribution in [3.8, 4) is 0 Å². The Balaban J connectivity index is 1.88. The van der Waals surface area contributed by atoms with Crippen LogP contribution >= 0.6 is 22.9 Å². The molecule has 0 aliphatic heterocycles. The van der Waals surface area contributed by atoms with Crippen LogP contribution in [0.25, 0.3) is 11.0 Å². The van der Waals surface area contributed by atoms with Crippen molar-refractivity contribution >= 4 is 39.7 Å². The second-order valence-electron chi connectivity index (χ2n) is 3.94. The highest BCUT2D eigenvalue weighted by atomic mass is 35.5. The molecule has 0 spiro atoms. The third kappa shape index (κ3) is 2.67. The van der Waals surface area contributed by atoms with Crippen molar-refractivity contribution in [1.29, 1.82) is 0 Å². The van der Waals surface area contributed by atoms with Crippen LogP contribution in [0.3, 0.4) is 0 Å². The topological polar surface area (TPSA) is 37.8 Å². The van der Waals surface area contributed by atoms with Crippen LogP contribution in [-0.4, -0.2) is 9.97 Å². The molecule has 6 heteroatoms. The Labute approximate surface area is 118 Å². The fraction of sp³-hybridized carbons (Fsp3) is 0.0769. The zero-order valence-electron chi connectivity index (χ0n) is 9.73. The average molecular weight is 294 g/mol. The normalized spacial score (nSPS) is 10.8. The number of hydrogen-bond acceptors (Lipinski definition) is 4. The van der Waals surface area contributed by atoms with E-state index in [1.165, 1.54) is 23.6 Å². The van der Waals surface area contributed by atoms with Gasteiger partial charge in [-0.2, -0.15) is 0 Å². The molecule has 0 unspecified atom stereocenters. The third-order valence-electron chi connectivity index (χ3n) is 2.63. The zero-order valence-corrected chi connectivity index (χ0v) is 11.3. The van der Waals surface area contributed by atoms with Gasteiger partial charge < -0.3 is 5.32 Å². The molecule has 0 atom stereocenters. The first-order valence-electron chi connectivity index (χ1n) is 5.61. The Bertz CT molecular complexity index is 729. The maximum Gasteiger partial charge on any atom is 0.143 e. The van der Waals surface area contributed by atoms with Crippen LogP contribution < -0.4 is 5.32 Å². The van der Waals surface area contributed by atoms with Gasteiger partial charge >= 0.3 is 0 Å². The van der Waals surface area contributed by atoms with Gasteiger partial charge in [-0.05, 0) is 18.2 Å². The van der Waals surface area contributed by atoms with E-state index in [9.17, 15) is 4.39 Å². The zero-order chi connectivity index (χ0) is 13.2. The Kier molecular flexibility index (Phi) is 3.31. The maximum absolute atomic E-state index is 13.1. The lowest BCUT2D eigenvalue weighted by Gasteiger charge is -2.07. The van der Waals surface area contributed by atoms with Crippen LogP contribution in [-0.2, 0) is 6.54 Å². The second kappa shape index (κ2) is 5.11.